The van der Waals surface area contributed by atoms with E-state index in [-0.39, 0.29) is 5.02 Å². The van der Waals surface area contributed by atoms with Crippen LogP contribution in [0.3, 0.4) is 0 Å². The fourth-order valence-electron chi connectivity index (χ4n) is 1.77. The first-order valence-electron chi connectivity index (χ1n) is 4.83. The Morgan fingerprint density at radius 3 is 2.93 bits per heavy atom. The fourth-order valence-corrected chi connectivity index (χ4v) is 1.97. The first-order chi connectivity index (χ1) is 7.09. The zero-order chi connectivity index (χ0) is 10.9. The van der Waals surface area contributed by atoms with Crippen LogP contribution in [0.2, 0.25) is 5.02 Å². The molecule has 1 unspecified atom stereocenters. The van der Waals surface area contributed by atoms with Gasteiger partial charge in [-0.15, -0.1) is 0 Å². The highest BCUT2D eigenvalue weighted by molar-refractivity contribution is 6.30. The summed E-state index contributed by atoms with van der Waals surface area (Å²) in [5, 5.41) is 10.1. The van der Waals surface area contributed by atoms with Crippen LogP contribution in [-0.4, -0.2) is 23.9 Å². The molecule has 1 aromatic carbocycles. The Bertz CT molecular complexity index is 362. The van der Waals surface area contributed by atoms with Crippen molar-refractivity contribution in [2.45, 2.75) is 18.4 Å². The molecule has 0 bridgehead atoms. The Balaban J connectivity index is 2.13. The van der Waals surface area contributed by atoms with Crippen LogP contribution in [0.5, 0.6) is 0 Å². The summed E-state index contributed by atoms with van der Waals surface area (Å²) < 4.78 is 18.0. The van der Waals surface area contributed by atoms with E-state index in [0.29, 0.717) is 26.1 Å². The lowest BCUT2D eigenvalue weighted by Crippen LogP contribution is -2.31. The fraction of sp³-hybridized carbons (Fsp3) is 0.455. The smallest absolute Gasteiger partial charge is 0.141 e. The Morgan fingerprint density at radius 1 is 1.53 bits per heavy atom. The topological polar surface area (TPSA) is 29.5 Å². The van der Waals surface area contributed by atoms with Gasteiger partial charge >= 0.3 is 0 Å². The minimum absolute atomic E-state index is 0.0926. The zero-order valence-electron chi connectivity index (χ0n) is 8.17. The molecule has 1 fully saturated rings. The van der Waals surface area contributed by atoms with E-state index in [4.69, 9.17) is 16.3 Å². The van der Waals surface area contributed by atoms with Gasteiger partial charge in [0, 0.05) is 19.4 Å². The molecule has 1 saturated heterocycles. The van der Waals surface area contributed by atoms with Crippen LogP contribution in [0.1, 0.15) is 12.0 Å². The van der Waals surface area contributed by atoms with Crippen molar-refractivity contribution in [3.8, 4) is 0 Å². The second kappa shape index (κ2) is 4.08. The number of ether oxygens (including phenoxy) is 1. The van der Waals surface area contributed by atoms with E-state index in [2.05, 4.69) is 0 Å². The largest absolute Gasteiger partial charge is 0.387 e. The van der Waals surface area contributed by atoms with Crippen LogP contribution in [0.4, 0.5) is 4.39 Å². The molecule has 0 radical (unpaired) electrons. The Kier molecular flexibility index (Phi) is 2.96. The molecule has 0 aromatic heterocycles. The summed E-state index contributed by atoms with van der Waals surface area (Å²) in [5.41, 5.74) is 0.00985. The molecule has 1 atom stereocenters. The molecule has 0 saturated carbocycles. The highest BCUT2D eigenvalue weighted by Gasteiger charge is 2.32. The SMILES string of the molecule is OC1(Cc2ccc(F)c(Cl)c2)CCOC1. The Labute approximate surface area is 92.6 Å². The standard InChI is InChI=1S/C11H12ClFO2/c12-9-5-8(1-2-10(9)13)6-11(14)3-4-15-7-11/h1-2,5,14H,3-4,6-7H2. The van der Waals surface area contributed by atoms with E-state index in [1.807, 2.05) is 0 Å². The van der Waals surface area contributed by atoms with Gasteiger partial charge in [-0.25, -0.2) is 4.39 Å². The summed E-state index contributed by atoms with van der Waals surface area (Å²) in [4.78, 5) is 0. The summed E-state index contributed by atoms with van der Waals surface area (Å²) in [5.74, 6) is -0.435. The minimum atomic E-state index is -0.818. The number of benzene rings is 1. The molecule has 0 spiro atoms. The van der Waals surface area contributed by atoms with Crippen LogP contribution < -0.4 is 0 Å². The minimum Gasteiger partial charge on any atom is -0.387 e. The number of halogens is 2. The van der Waals surface area contributed by atoms with Gasteiger partial charge in [-0.3, -0.25) is 0 Å². The highest BCUT2D eigenvalue weighted by Crippen LogP contribution is 2.25. The molecule has 1 aromatic rings. The van der Waals surface area contributed by atoms with Gasteiger partial charge in [0.15, 0.2) is 0 Å². The summed E-state index contributed by atoms with van der Waals surface area (Å²) >= 11 is 5.66. The third kappa shape index (κ3) is 2.48. The van der Waals surface area contributed by atoms with Crippen molar-refractivity contribution in [2.75, 3.05) is 13.2 Å². The monoisotopic (exact) mass is 230 g/mol. The maximum absolute atomic E-state index is 12.9. The molecule has 2 rings (SSSR count). The van der Waals surface area contributed by atoms with E-state index in [1.54, 1.807) is 12.1 Å². The predicted molar refractivity (Wildman–Crippen MR) is 55.5 cm³/mol. The van der Waals surface area contributed by atoms with Crippen LogP contribution >= 0.6 is 11.6 Å². The van der Waals surface area contributed by atoms with Crippen LogP contribution in [0.25, 0.3) is 0 Å². The second-order valence-electron chi connectivity index (χ2n) is 3.95. The van der Waals surface area contributed by atoms with E-state index < -0.39 is 11.4 Å². The van der Waals surface area contributed by atoms with Gasteiger partial charge in [-0.1, -0.05) is 17.7 Å². The van der Waals surface area contributed by atoms with Crippen LogP contribution in [0, 0.1) is 5.82 Å². The number of hydrogen-bond acceptors (Lipinski definition) is 2. The second-order valence-corrected chi connectivity index (χ2v) is 4.36. The maximum Gasteiger partial charge on any atom is 0.141 e. The molecule has 1 N–H and O–H groups in total. The molecular formula is C11H12ClFO2. The van der Waals surface area contributed by atoms with Crippen molar-refractivity contribution in [1.82, 2.24) is 0 Å². The van der Waals surface area contributed by atoms with Crippen molar-refractivity contribution in [2.24, 2.45) is 0 Å². The van der Waals surface area contributed by atoms with Gasteiger partial charge < -0.3 is 9.84 Å². The quantitative estimate of drug-likeness (QED) is 0.844. The molecule has 4 heteroatoms. The first-order valence-corrected chi connectivity index (χ1v) is 5.21. The van der Waals surface area contributed by atoms with E-state index in [9.17, 15) is 9.50 Å². The highest BCUT2D eigenvalue weighted by atomic mass is 35.5. The van der Waals surface area contributed by atoms with Gasteiger partial charge in [-0.05, 0) is 17.7 Å². The lowest BCUT2D eigenvalue weighted by Gasteiger charge is -2.20. The first kappa shape index (κ1) is 10.9. The van der Waals surface area contributed by atoms with Gasteiger partial charge in [-0.2, -0.15) is 0 Å². The number of rotatable bonds is 2. The molecular weight excluding hydrogens is 219 g/mol. The third-order valence-electron chi connectivity index (χ3n) is 2.60. The molecule has 1 aliphatic heterocycles. The molecule has 0 amide bonds. The predicted octanol–water partition coefficient (Wildman–Crippen LogP) is 2.17. The van der Waals surface area contributed by atoms with Gasteiger partial charge in [0.05, 0.1) is 17.2 Å². The van der Waals surface area contributed by atoms with E-state index in [0.717, 1.165) is 5.56 Å². The van der Waals surface area contributed by atoms with Crippen LogP contribution in [-0.2, 0) is 11.2 Å². The van der Waals surface area contributed by atoms with E-state index >= 15 is 0 Å². The number of hydrogen-bond donors (Lipinski definition) is 1. The number of aliphatic hydroxyl groups is 1. The lowest BCUT2D eigenvalue weighted by molar-refractivity contribution is 0.0270. The average Bonchev–Trinajstić information content (AvgIpc) is 2.59. The zero-order valence-corrected chi connectivity index (χ0v) is 8.93. The lowest BCUT2D eigenvalue weighted by atomic mass is 9.94. The average molecular weight is 231 g/mol. The molecule has 1 aliphatic rings. The maximum atomic E-state index is 12.9. The van der Waals surface area contributed by atoms with Crippen molar-refractivity contribution in [1.29, 1.82) is 0 Å². The van der Waals surface area contributed by atoms with E-state index in [1.165, 1.54) is 6.07 Å². The molecule has 0 aliphatic carbocycles. The molecule has 15 heavy (non-hydrogen) atoms. The Hall–Kier alpha value is -0.640. The van der Waals surface area contributed by atoms with Crippen LogP contribution in [0.15, 0.2) is 18.2 Å². The summed E-state index contributed by atoms with van der Waals surface area (Å²) in [6.07, 6.45) is 1.06. The molecule has 82 valence electrons. The van der Waals surface area contributed by atoms with Gasteiger partial charge in [0.1, 0.15) is 5.82 Å². The Morgan fingerprint density at radius 2 is 2.33 bits per heavy atom. The van der Waals surface area contributed by atoms with Crippen molar-refractivity contribution >= 4 is 11.6 Å². The third-order valence-corrected chi connectivity index (χ3v) is 2.89. The van der Waals surface area contributed by atoms with Gasteiger partial charge in [0.2, 0.25) is 0 Å². The van der Waals surface area contributed by atoms with Gasteiger partial charge in [0.25, 0.3) is 0 Å². The normalized spacial score (nSPS) is 25.8. The van der Waals surface area contributed by atoms with Crippen molar-refractivity contribution in [3.63, 3.8) is 0 Å². The van der Waals surface area contributed by atoms with Crippen molar-refractivity contribution in [3.05, 3.63) is 34.6 Å². The summed E-state index contributed by atoms with van der Waals surface area (Å²) in [6.45, 7) is 0.910. The molecule has 1 heterocycles. The summed E-state index contributed by atoms with van der Waals surface area (Å²) in [6, 6.07) is 4.50. The summed E-state index contributed by atoms with van der Waals surface area (Å²) in [7, 11) is 0. The molecule has 2 nitrogen and oxygen atoms in total. The van der Waals surface area contributed by atoms with Crippen molar-refractivity contribution < 1.29 is 14.2 Å².